The third-order valence-electron chi connectivity index (χ3n) is 7.40. The highest BCUT2D eigenvalue weighted by atomic mass is 19.2. The van der Waals surface area contributed by atoms with Gasteiger partial charge in [0.1, 0.15) is 0 Å². The number of aryl methyl sites for hydroxylation is 1. The van der Waals surface area contributed by atoms with Crippen LogP contribution in [0.25, 0.3) is 0 Å². The van der Waals surface area contributed by atoms with E-state index in [1.54, 1.807) is 11.8 Å². The summed E-state index contributed by atoms with van der Waals surface area (Å²) in [6, 6.07) is 2.45. The summed E-state index contributed by atoms with van der Waals surface area (Å²) in [6.45, 7) is 5.03. The minimum absolute atomic E-state index is 0.0182. The van der Waals surface area contributed by atoms with E-state index in [1.165, 1.54) is 13.2 Å². The molecule has 3 rings (SSSR count). The Morgan fingerprint density at radius 2 is 1.97 bits per heavy atom. The van der Waals surface area contributed by atoms with Crippen LogP contribution in [0.5, 0.6) is 0 Å². The van der Waals surface area contributed by atoms with Gasteiger partial charge >= 0.3 is 12.1 Å². The van der Waals surface area contributed by atoms with E-state index in [9.17, 15) is 14.0 Å². The number of methoxy groups -OCH3 is 1. The molecule has 3 amide bonds. The van der Waals surface area contributed by atoms with E-state index >= 15 is 4.39 Å². The molecule has 2 aliphatic rings. The molecule has 3 atom stereocenters. The number of ether oxygens (including phenoxy) is 3. The molecule has 214 valence electrons. The van der Waals surface area contributed by atoms with Gasteiger partial charge in [0.15, 0.2) is 11.6 Å². The zero-order valence-electron chi connectivity index (χ0n) is 22.7. The lowest BCUT2D eigenvalue weighted by molar-refractivity contribution is -0.0113. The topological polar surface area (TPSA) is 101 Å². The normalized spacial score (nSPS) is 20.0. The third kappa shape index (κ3) is 8.51. The van der Waals surface area contributed by atoms with E-state index in [4.69, 9.17) is 9.47 Å². The molecule has 38 heavy (non-hydrogen) atoms. The molecule has 0 aromatic heterocycles. The molecule has 1 aromatic rings. The van der Waals surface area contributed by atoms with Crippen molar-refractivity contribution < 1.29 is 32.6 Å². The monoisotopic (exact) mass is 540 g/mol. The largest absolute Gasteiger partial charge is 0.453 e. The molecule has 0 aliphatic carbocycles. The number of urea groups is 1. The summed E-state index contributed by atoms with van der Waals surface area (Å²) in [5.41, 5.74) is 0.727. The molecule has 2 heterocycles. The number of alkyl carbamates (subject to hydrolysis) is 1. The lowest BCUT2D eigenvalue weighted by Crippen LogP contribution is -2.52. The Bertz CT molecular complexity index is 916. The summed E-state index contributed by atoms with van der Waals surface area (Å²) in [5, 5.41) is 8.89. The van der Waals surface area contributed by atoms with Crippen LogP contribution < -0.4 is 16.0 Å². The predicted octanol–water partition coefficient (Wildman–Crippen LogP) is 3.51. The Labute approximate surface area is 223 Å². The van der Waals surface area contributed by atoms with E-state index in [-0.39, 0.29) is 36.7 Å². The number of carbonyl (C=O) groups excluding carboxylic acids is 2. The van der Waals surface area contributed by atoms with Crippen molar-refractivity contribution in [1.82, 2.24) is 20.9 Å². The van der Waals surface area contributed by atoms with E-state index in [0.717, 1.165) is 38.5 Å². The van der Waals surface area contributed by atoms with Crippen molar-refractivity contribution in [3.8, 4) is 0 Å². The molecule has 2 saturated heterocycles. The number of hydrogen-bond acceptors (Lipinski definition) is 6. The third-order valence-corrected chi connectivity index (χ3v) is 7.40. The van der Waals surface area contributed by atoms with Crippen LogP contribution in [0.4, 0.5) is 18.4 Å². The zero-order chi connectivity index (χ0) is 27.5. The highest BCUT2D eigenvalue weighted by molar-refractivity contribution is 5.74. The zero-order valence-corrected chi connectivity index (χ0v) is 22.7. The number of likely N-dealkylation sites (N-methyl/N-ethyl adjacent to an activating group) is 1. The van der Waals surface area contributed by atoms with Gasteiger partial charge < -0.3 is 35.1 Å². The number of nitrogens with one attached hydrogen (secondary N) is 3. The summed E-state index contributed by atoms with van der Waals surface area (Å²) in [5.74, 6) is -1.63. The molecule has 0 radical (unpaired) electrons. The van der Waals surface area contributed by atoms with Crippen LogP contribution in [0.15, 0.2) is 12.1 Å². The number of carbonyl (C=O) groups is 2. The smallest absolute Gasteiger partial charge is 0.406 e. The number of amides is 3. The quantitative estimate of drug-likeness (QED) is 0.372. The first-order chi connectivity index (χ1) is 18.3. The number of likely N-dealkylation sites (tertiary alicyclic amines) is 1. The molecule has 0 spiro atoms. The number of halogens is 2. The van der Waals surface area contributed by atoms with Gasteiger partial charge in [-0.3, -0.25) is 0 Å². The van der Waals surface area contributed by atoms with Crippen LogP contribution >= 0.6 is 0 Å². The van der Waals surface area contributed by atoms with Gasteiger partial charge in [0, 0.05) is 56.9 Å². The van der Waals surface area contributed by atoms with Gasteiger partial charge in [0.2, 0.25) is 0 Å². The molecule has 2 fully saturated rings. The first kappa shape index (κ1) is 30.0. The van der Waals surface area contributed by atoms with Crippen LogP contribution in [0.3, 0.4) is 0 Å². The second-order valence-corrected chi connectivity index (χ2v) is 10.1. The van der Waals surface area contributed by atoms with Crippen LogP contribution in [0.2, 0.25) is 0 Å². The van der Waals surface area contributed by atoms with Crippen molar-refractivity contribution in [3.63, 3.8) is 0 Å². The molecule has 0 bridgehead atoms. The molecule has 2 aliphatic heterocycles. The molecule has 9 nitrogen and oxygen atoms in total. The van der Waals surface area contributed by atoms with Gasteiger partial charge in [0.25, 0.3) is 0 Å². The number of hydrogen-bond donors (Lipinski definition) is 3. The van der Waals surface area contributed by atoms with Gasteiger partial charge in [0.05, 0.1) is 19.8 Å². The van der Waals surface area contributed by atoms with Crippen molar-refractivity contribution in [2.75, 3.05) is 60.2 Å². The van der Waals surface area contributed by atoms with Crippen LogP contribution in [-0.4, -0.2) is 83.2 Å². The maximum Gasteiger partial charge on any atom is 0.406 e. The molecular weight excluding hydrogens is 498 g/mol. The average molecular weight is 541 g/mol. The Morgan fingerprint density at radius 1 is 1.21 bits per heavy atom. The maximum atomic E-state index is 15.0. The number of nitrogens with zero attached hydrogens (tertiary/aromatic N) is 1. The molecular formula is C27H42F2N4O5. The number of benzene rings is 1. The summed E-state index contributed by atoms with van der Waals surface area (Å²) in [6.07, 6.45) is 2.88. The summed E-state index contributed by atoms with van der Waals surface area (Å²) in [4.78, 5) is 26.5. The van der Waals surface area contributed by atoms with Crippen molar-refractivity contribution >= 4 is 12.1 Å². The number of piperidine rings is 1. The molecule has 11 heteroatoms. The van der Waals surface area contributed by atoms with Crippen molar-refractivity contribution in [1.29, 1.82) is 0 Å². The fourth-order valence-corrected chi connectivity index (χ4v) is 5.41. The SMILES string of the molecule is CNC[C@H](CC1CCOCC1)NC(=O)N1CCCC([C@@H](OCCNC(=O)OC)c2c(C)ccc(F)c2F)C1. The van der Waals surface area contributed by atoms with Gasteiger partial charge in [-0.1, -0.05) is 6.07 Å². The first-order valence-corrected chi connectivity index (χ1v) is 13.5. The fraction of sp³-hybridized carbons (Fsp3) is 0.704. The Morgan fingerprint density at radius 3 is 2.68 bits per heavy atom. The van der Waals surface area contributed by atoms with Crippen molar-refractivity contribution in [2.24, 2.45) is 11.8 Å². The van der Waals surface area contributed by atoms with Crippen LogP contribution in [-0.2, 0) is 14.2 Å². The van der Waals surface area contributed by atoms with Gasteiger partial charge in [-0.05, 0) is 63.6 Å². The lowest BCUT2D eigenvalue weighted by Gasteiger charge is -2.38. The first-order valence-electron chi connectivity index (χ1n) is 13.5. The van der Waals surface area contributed by atoms with E-state index in [2.05, 4.69) is 20.7 Å². The summed E-state index contributed by atoms with van der Waals surface area (Å²) in [7, 11) is 3.13. The van der Waals surface area contributed by atoms with Gasteiger partial charge in [-0.25, -0.2) is 18.4 Å². The average Bonchev–Trinajstić information content (AvgIpc) is 2.92. The highest BCUT2D eigenvalue weighted by Gasteiger charge is 2.35. The van der Waals surface area contributed by atoms with Gasteiger partial charge in [-0.2, -0.15) is 0 Å². The van der Waals surface area contributed by atoms with E-state index < -0.39 is 23.8 Å². The Kier molecular flexibility index (Phi) is 12.0. The fourth-order valence-electron chi connectivity index (χ4n) is 5.41. The maximum absolute atomic E-state index is 15.0. The lowest BCUT2D eigenvalue weighted by atomic mass is 9.86. The summed E-state index contributed by atoms with van der Waals surface area (Å²) < 4.78 is 45.4. The molecule has 1 unspecified atom stereocenters. The van der Waals surface area contributed by atoms with Crippen molar-refractivity contribution in [3.05, 3.63) is 34.9 Å². The Hall–Kier alpha value is -2.50. The molecule has 3 N–H and O–H groups in total. The molecule has 1 aromatic carbocycles. The van der Waals surface area contributed by atoms with Gasteiger partial charge in [-0.15, -0.1) is 0 Å². The van der Waals surface area contributed by atoms with Crippen LogP contribution in [0.1, 0.15) is 49.3 Å². The standard InChI is InChI=1S/C27H42F2N4O5/c1-18-6-7-22(28)24(29)23(18)25(38-14-10-31-27(35)36-3)20-5-4-11-33(17-20)26(34)32-21(16-30-2)15-19-8-12-37-13-9-19/h6-7,19-21,25,30H,4-5,8-17H2,1-3H3,(H,31,35)(H,32,34)/t20?,21-,25+/m0/s1. The van der Waals surface area contributed by atoms with Crippen LogP contribution in [0, 0.1) is 30.4 Å². The minimum atomic E-state index is -0.944. The van der Waals surface area contributed by atoms with E-state index in [0.29, 0.717) is 44.0 Å². The molecule has 0 saturated carbocycles. The predicted molar refractivity (Wildman–Crippen MR) is 139 cm³/mol. The number of rotatable bonds is 11. The summed E-state index contributed by atoms with van der Waals surface area (Å²) >= 11 is 0. The minimum Gasteiger partial charge on any atom is -0.453 e. The van der Waals surface area contributed by atoms with E-state index in [1.807, 2.05) is 7.05 Å². The second-order valence-electron chi connectivity index (χ2n) is 10.1. The highest BCUT2D eigenvalue weighted by Crippen LogP contribution is 2.36. The second kappa shape index (κ2) is 15.2. The van der Waals surface area contributed by atoms with Crippen molar-refractivity contribution in [2.45, 2.75) is 51.2 Å². The Balaban J connectivity index is 1.70.